The predicted molar refractivity (Wildman–Crippen MR) is 151 cm³/mol. The van der Waals surface area contributed by atoms with E-state index in [2.05, 4.69) is 15.3 Å². The number of hydrogen-bond donors (Lipinski definition) is 4. The zero-order valence-corrected chi connectivity index (χ0v) is 24.5. The summed E-state index contributed by atoms with van der Waals surface area (Å²) in [6, 6.07) is 11.5. The van der Waals surface area contributed by atoms with Crippen molar-refractivity contribution in [3.8, 4) is 22.8 Å². The number of carboxylic acids is 2. The lowest BCUT2D eigenvalue weighted by atomic mass is 9.95. The monoisotopic (exact) mass is 679 g/mol. The fourth-order valence-corrected chi connectivity index (χ4v) is 3.54. The number of carbonyl (C=O) groups is 3. The van der Waals surface area contributed by atoms with Crippen LogP contribution in [0.3, 0.4) is 0 Å². The van der Waals surface area contributed by atoms with E-state index in [9.17, 15) is 35.5 Å². The van der Waals surface area contributed by atoms with Crippen LogP contribution in [0.15, 0.2) is 48.7 Å². The van der Waals surface area contributed by atoms with E-state index in [1.165, 1.54) is 12.1 Å². The summed E-state index contributed by atoms with van der Waals surface area (Å²) in [5.74, 6) is -5.23. The number of carbonyl (C=O) groups excluding carboxylic acids is 1. The van der Waals surface area contributed by atoms with Gasteiger partial charge >= 0.3 is 24.3 Å². The van der Waals surface area contributed by atoms with Crippen molar-refractivity contribution in [3.05, 3.63) is 60.0 Å². The number of nitrogens with zero attached hydrogens (tertiary/aromatic N) is 3. The van der Waals surface area contributed by atoms with Crippen molar-refractivity contribution in [2.75, 3.05) is 44.9 Å². The molecule has 4 rings (SSSR count). The highest BCUT2D eigenvalue weighted by molar-refractivity contribution is 5.95. The summed E-state index contributed by atoms with van der Waals surface area (Å²) in [7, 11) is 3.91. The van der Waals surface area contributed by atoms with Crippen molar-refractivity contribution in [3.63, 3.8) is 0 Å². The molecule has 2 heterocycles. The summed E-state index contributed by atoms with van der Waals surface area (Å²) < 4.78 is 88.7. The Hall–Kier alpha value is -5.20. The van der Waals surface area contributed by atoms with E-state index in [-0.39, 0.29) is 24.3 Å². The second-order valence-corrected chi connectivity index (χ2v) is 9.72. The Morgan fingerprint density at radius 3 is 2.19 bits per heavy atom. The third-order valence-corrected chi connectivity index (χ3v) is 5.79. The van der Waals surface area contributed by atoms with Gasteiger partial charge in [-0.05, 0) is 62.5 Å². The summed E-state index contributed by atoms with van der Waals surface area (Å²) in [6.07, 6.45) is -8.18. The van der Waals surface area contributed by atoms with Gasteiger partial charge in [-0.1, -0.05) is 6.07 Å². The fraction of sp³-hybridized carbons (Fsp3) is 0.321. The molecule has 47 heavy (non-hydrogen) atoms. The van der Waals surface area contributed by atoms with E-state index in [4.69, 9.17) is 35.0 Å². The number of carboxylic acid groups (broad SMARTS) is 2. The molecular weight excluding hydrogens is 651 g/mol. The molecule has 1 amide bonds. The standard InChI is InChI=1S/C24H26FN5O3.2C2HF3O2/c1-30(2)9-10-32-22-13-15(19-7-8-27-24(26)29-19)3-5-20(22)28-23(31)17-11-16-12-18(25)4-6-21(16)33-14-17;2*3-2(4,5)1(6)7/h3-8,12-13,17H,9-11,14H2,1-2H3,(H,28,31)(H2,26,27,29);2*(H,6,7). The molecule has 1 atom stereocenters. The Morgan fingerprint density at radius 2 is 1.64 bits per heavy atom. The van der Waals surface area contributed by atoms with Crippen LogP contribution in [0, 0.1) is 11.7 Å². The molecule has 1 aliphatic rings. The molecule has 0 spiro atoms. The molecule has 256 valence electrons. The summed E-state index contributed by atoms with van der Waals surface area (Å²) in [5, 5.41) is 17.2. The molecule has 0 fully saturated rings. The maximum absolute atomic E-state index is 13.6. The van der Waals surface area contributed by atoms with Crippen molar-refractivity contribution >= 4 is 29.5 Å². The predicted octanol–water partition coefficient (Wildman–Crippen LogP) is 4.26. The van der Waals surface area contributed by atoms with Crippen LogP contribution in [0.5, 0.6) is 11.5 Å². The number of nitrogens with one attached hydrogen (secondary N) is 1. The van der Waals surface area contributed by atoms with Gasteiger partial charge in [-0.3, -0.25) is 4.79 Å². The van der Waals surface area contributed by atoms with Crippen molar-refractivity contribution in [1.29, 1.82) is 0 Å². The number of anilines is 2. The number of ether oxygens (including phenoxy) is 2. The van der Waals surface area contributed by atoms with Crippen LogP contribution in [-0.2, 0) is 20.8 Å². The van der Waals surface area contributed by atoms with Gasteiger partial charge < -0.3 is 35.6 Å². The minimum Gasteiger partial charge on any atom is -0.492 e. The molecule has 1 aromatic heterocycles. The SMILES string of the molecule is CN(C)CCOc1cc(-c2ccnc(N)n2)ccc1NC(=O)C1COc2ccc(F)cc2C1.O=C(O)C(F)(F)F.O=C(O)C(F)(F)F. The van der Waals surface area contributed by atoms with E-state index in [1.54, 1.807) is 24.4 Å². The third-order valence-electron chi connectivity index (χ3n) is 5.79. The number of aromatic nitrogens is 2. The molecule has 5 N–H and O–H groups in total. The van der Waals surface area contributed by atoms with Crippen LogP contribution in [0.2, 0.25) is 0 Å². The molecule has 12 nitrogen and oxygen atoms in total. The molecule has 1 unspecified atom stereocenters. The smallest absolute Gasteiger partial charge is 0.490 e. The molecule has 19 heteroatoms. The number of amides is 1. The minimum atomic E-state index is -5.08. The zero-order chi connectivity index (χ0) is 35.5. The van der Waals surface area contributed by atoms with E-state index in [0.717, 1.165) is 5.56 Å². The summed E-state index contributed by atoms with van der Waals surface area (Å²) in [5.41, 5.74) is 8.37. The highest BCUT2D eigenvalue weighted by atomic mass is 19.4. The Kier molecular flexibility index (Phi) is 13.2. The average Bonchev–Trinajstić information content (AvgIpc) is 2.97. The van der Waals surface area contributed by atoms with Crippen LogP contribution >= 0.6 is 0 Å². The first-order chi connectivity index (χ1) is 21.8. The van der Waals surface area contributed by atoms with E-state index >= 15 is 0 Å². The Morgan fingerprint density at radius 1 is 1.02 bits per heavy atom. The number of likely N-dealkylation sites (N-methyl/N-ethyl adjacent to an activating group) is 1. The van der Waals surface area contributed by atoms with Crippen molar-refractivity contribution < 1.29 is 64.8 Å². The van der Waals surface area contributed by atoms with Gasteiger partial charge in [0.2, 0.25) is 11.9 Å². The number of aliphatic carboxylic acids is 2. The molecule has 0 saturated carbocycles. The number of fused-ring (bicyclic) bond motifs is 1. The Bertz CT molecular complexity index is 1530. The lowest BCUT2D eigenvalue weighted by Crippen LogP contribution is -2.32. The van der Waals surface area contributed by atoms with Crippen molar-refractivity contribution in [2.45, 2.75) is 18.8 Å². The van der Waals surface area contributed by atoms with Crippen LogP contribution in [0.25, 0.3) is 11.3 Å². The van der Waals surface area contributed by atoms with Gasteiger partial charge in [-0.25, -0.2) is 23.9 Å². The molecule has 0 bridgehead atoms. The molecule has 2 aromatic carbocycles. The molecule has 0 saturated heterocycles. The van der Waals surface area contributed by atoms with Gasteiger partial charge in [-0.15, -0.1) is 0 Å². The van der Waals surface area contributed by atoms with E-state index in [1.807, 2.05) is 31.1 Å². The van der Waals surface area contributed by atoms with Gasteiger partial charge in [0.1, 0.15) is 30.5 Å². The molecule has 0 aliphatic carbocycles. The van der Waals surface area contributed by atoms with Crippen molar-refractivity contribution in [1.82, 2.24) is 14.9 Å². The Balaban J connectivity index is 0.000000459. The summed E-state index contributed by atoms with van der Waals surface area (Å²) in [4.78, 5) is 41.0. The lowest BCUT2D eigenvalue weighted by molar-refractivity contribution is -0.193. The average molecular weight is 680 g/mol. The highest BCUT2D eigenvalue weighted by Gasteiger charge is 2.39. The van der Waals surface area contributed by atoms with Crippen molar-refractivity contribution in [2.24, 2.45) is 5.92 Å². The van der Waals surface area contributed by atoms with Gasteiger partial charge in [0, 0.05) is 18.3 Å². The largest absolute Gasteiger partial charge is 0.492 e. The maximum Gasteiger partial charge on any atom is 0.490 e. The number of halogens is 7. The molecule has 1 aliphatic heterocycles. The minimum absolute atomic E-state index is 0.175. The molecule has 3 aromatic rings. The number of nitrogens with two attached hydrogens (primary N) is 1. The number of benzene rings is 2. The molecular formula is C28H28F7N5O7. The fourth-order valence-electron chi connectivity index (χ4n) is 3.54. The third kappa shape index (κ3) is 12.6. The number of alkyl halides is 6. The number of hydrogen-bond acceptors (Lipinski definition) is 9. The second kappa shape index (κ2) is 16.4. The first kappa shape index (κ1) is 38.0. The first-order valence-electron chi connectivity index (χ1n) is 13.1. The highest BCUT2D eigenvalue weighted by Crippen LogP contribution is 2.33. The Labute approximate surface area is 261 Å². The second-order valence-electron chi connectivity index (χ2n) is 9.72. The van der Waals surface area contributed by atoms with Crippen LogP contribution in [0.1, 0.15) is 5.56 Å². The maximum atomic E-state index is 13.6. The van der Waals surface area contributed by atoms with Gasteiger partial charge in [0.05, 0.1) is 17.3 Å². The number of rotatable bonds is 7. The summed E-state index contributed by atoms with van der Waals surface area (Å²) in [6.45, 7) is 1.36. The zero-order valence-electron chi connectivity index (χ0n) is 24.5. The summed E-state index contributed by atoms with van der Waals surface area (Å²) >= 11 is 0. The van der Waals surface area contributed by atoms with E-state index < -0.39 is 30.2 Å². The number of nitrogen functional groups attached to an aromatic ring is 1. The van der Waals surface area contributed by atoms with Crippen LogP contribution in [-0.4, -0.2) is 89.1 Å². The van der Waals surface area contributed by atoms with Crippen LogP contribution < -0.4 is 20.5 Å². The first-order valence-corrected chi connectivity index (χ1v) is 13.1. The lowest BCUT2D eigenvalue weighted by Gasteiger charge is -2.25. The van der Waals surface area contributed by atoms with Crippen LogP contribution in [0.4, 0.5) is 42.4 Å². The van der Waals surface area contributed by atoms with Gasteiger partial charge in [0.15, 0.2) is 0 Å². The normalized spacial score (nSPS) is 13.9. The topological polar surface area (TPSA) is 177 Å². The van der Waals surface area contributed by atoms with Gasteiger partial charge in [0.25, 0.3) is 0 Å². The van der Waals surface area contributed by atoms with Gasteiger partial charge in [-0.2, -0.15) is 26.3 Å². The molecule has 0 radical (unpaired) electrons. The van der Waals surface area contributed by atoms with E-state index in [0.29, 0.717) is 48.0 Å². The quantitative estimate of drug-likeness (QED) is 0.263.